The molecule has 0 radical (unpaired) electrons. The average Bonchev–Trinajstić information content (AvgIpc) is 2.85. The van der Waals surface area contributed by atoms with E-state index in [2.05, 4.69) is 66.9 Å². The van der Waals surface area contributed by atoms with Crippen LogP contribution < -0.4 is 4.74 Å². The summed E-state index contributed by atoms with van der Waals surface area (Å²) in [5.41, 5.74) is 3.95. The summed E-state index contributed by atoms with van der Waals surface area (Å²) in [5.74, 6) is 1.58. The first-order valence-corrected chi connectivity index (χ1v) is 7.88. The van der Waals surface area contributed by atoms with Gasteiger partial charge in [-0.05, 0) is 36.1 Å². The number of ether oxygens (including phenoxy) is 1. The summed E-state index contributed by atoms with van der Waals surface area (Å²) < 4.78 is 7.96. The fraction of sp³-hybridized carbons (Fsp3) is 0.300. The molecule has 22 heavy (non-hydrogen) atoms. The van der Waals surface area contributed by atoms with Crippen molar-refractivity contribution in [2.75, 3.05) is 7.11 Å². The maximum atomic E-state index is 5.54. The third-order valence-corrected chi connectivity index (χ3v) is 4.01. The van der Waals surface area contributed by atoms with Crippen LogP contribution in [0.25, 0.3) is 10.9 Å². The molecule has 114 valence electrons. The van der Waals surface area contributed by atoms with Gasteiger partial charge in [0.25, 0.3) is 0 Å². The van der Waals surface area contributed by atoms with Crippen molar-refractivity contribution in [1.82, 2.24) is 4.57 Å². The van der Waals surface area contributed by atoms with Crippen LogP contribution >= 0.6 is 0 Å². The summed E-state index contributed by atoms with van der Waals surface area (Å²) in [6, 6.07) is 19.2. The first kappa shape index (κ1) is 14.7. The molecule has 3 aromatic rings. The van der Waals surface area contributed by atoms with E-state index in [1.807, 2.05) is 6.07 Å². The average molecular weight is 293 g/mol. The van der Waals surface area contributed by atoms with Crippen molar-refractivity contribution < 1.29 is 4.74 Å². The maximum Gasteiger partial charge on any atom is 0.128 e. The van der Waals surface area contributed by atoms with Gasteiger partial charge in [0.2, 0.25) is 0 Å². The highest BCUT2D eigenvalue weighted by Gasteiger charge is 2.13. The minimum absolute atomic E-state index is 0.629. The monoisotopic (exact) mass is 293 g/mol. The Morgan fingerprint density at radius 1 is 1.00 bits per heavy atom. The second kappa shape index (κ2) is 6.27. The number of hydrogen-bond acceptors (Lipinski definition) is 1. The van der Waals surface area contributed by atoms with Gasteiger partial charge in [0.1, 0.15) is 5.75 Å². The molecule has 0 atom stereocenters. The van der Waals surface area contributed by atoms with Gasteiger partial charge in [0.05, 0.1) is 12.6 Å². The van der Waals surface area contributed by atoms with Crippen molar-refractivity contribution in [3.8, 4) is 5.75 Å². The molecule has 0 amide bonds. The highest BCUT2D eigenvalue weighted by Crippen LogP contribution is 2.30. The third-order valence-electron chi connectivity index (χ3n) is 4.01. The summed E-state index contributed by atoms with van der Waals surface area (Å²) >= 11 is 0. The van der Waals surface area contributed by atoms with E-state index in [4.69, 9.17) is 4.74 Å². The number of hydrogen-bond donors (Lipinski definition) is 0. The van der Waals surface area contributed by atoms with Gasteiger partial charge in [0, 0.05) is 17.6 Å². The SMILES string of the molecule is COc1cccc2c1cc(CC(C)C)n2Cc1ccccc1. The molecule has 0 aliphatic carbocycles. The quantitative estimate of drug-likeness (QED) is 0.653. The molecule has 2 aromatic carbocycles. The van der Waals surface area contributed by atoms with Gasteiger partial charge in [-0.1, -0.05) is 50.2 Å². The fourth-order valence-corrected chi connectivity index (χ4v) is 3.03. The second-order valence-corrected chi connectivity index (χ2v) is 6.20. The van der Waals surface area contributed by atoms with Crippen LogP contribution in [-0.4, -0.2) is 11.7 Å². The summed E-state index contributed by atoms with van der Waals surface area (Å²) in [6.45, 7) is 5.43. The zero-order valence-corrected chi connectivity index (χ0v) is 13.5. The molecule has 0 spiro atoms. The number of methoxy groups -OCH3 is 1. The Kier molecular flexibility index (Phi) is 4.19. The van der Waals surface area contributed by atoms with Gasteiger partial charge in [-0.15, -0.1) is 0 Å². The van der Waals surface area contributed by atoms with Crippen LogP contribution in [0.4, 0.5) is 0 Å². The van der Waals surface area contributed by atoms with Crippen LogP contribution in [0.2, 0.25) is 0 Å². The lowest BCUT2D eigenvalue weighted by atomic mass is 10.1. The van der Waals surface area contributed by atoms with Crippen molar-refractivity contribution in [2.24, 2.45) is 5.92 Å². The van der Waals surface area contributed by atoms with E-state index in [1.165, 1.54) is 22.2 Å². The Labute approximate surface area is 132 Å². The minimum atomic E-state index is 0.629. The van der Waals surface area contributed by atoms with Crippen LogP contribution in [0.3, 0.4) is 0 Å². The van der Waals surface area contributed by atoms with E-state index >= 15 is 0 Å². The molecule has 0 fully saturated rings. The van der Waals surface area contributed by atoms with E-state index < -0.39 is 0 Å². The first-order chi connectivity index (χ1) is 10.7. The minimum Gasteiger partial charge on any atom is -0.496 e. The van der Waals surface area contributed by atoms with Gasteiger partial charge in [0.15, 0.2) is 0 Å². The van der Waals surface area contributed by atoms with E-state index in [1.54, 1.807) is 7.11 Å². The second-order valence-electron chi connectivity index (χ2n) is 6.20. The van der Waals surface area contributed by atoms with E-state index in [0.29, 0.717) is 5.92 Å². The third kappa shape index (κ3) is 2.87. The highest BCUT2D eigenvalue weighted by molar-refractivity contribution is 5.87. The number of benzene rings is 2. The first-order valence-electron chi connectivity index (χ1n) is 7.88. The Morgan fingerprint density at radius 3 is 2.45 bits per heavy atom. The molecular weight excluding hydrogens is 270 g/mol. The number of aromatic nitrogens is 1. The van der Waals surface area contributed by atoms with Crippen molar-refractivity contribution in [3.05, 3.63) is 65.9 Å². The summed E-state index contributed by atoms with van der Waals surface area (Å²) in [4.78, 5) is 0. The topological polar surface area (TPSA) is 14.2 Å². The van der Waals surface area contributed by atoms with Gasteiger partial charge < -0.3 is 9.30 Å². The molecule has 2 nitrogen and oxygen atoms in total. The molecular formula is C20H23NO. The zero-order valence-electron chi connectivity index (χ0n) is 13.5. The molecule has 1 aromatic heterocycles. The molecule has 0 saturated carbocycles. The maximum absolute atomic E-state index is 5.54. The molecule has 2 heteroatoms. The Bertz CT molecular complexity index is 756. The van der Waals surface area contributed by atoms with Crippen LogP contribution in [0.1, 0.15) is 25.1 Å². The molecule has 0 N–H and O–H groups in total. The largest absolute Gasteiger partial charge is 0.496 e. The van der Waals surface area contributed by atoms with E-state index in [9.17, 15) is 0 Å². The van der Waals surface area contributed by atoms with Gasteiger partial charge in [-0.2, -0.15) is 0 Å². The zero-order chi connectivity index (χ0) is 15.5. The molecule has 1 heterocycles. The predicted molar refractivity (Wildman–Crippen MR) is 92.6 cm³/mol. The van der Waals surface area contributed by atoms with Gasteiger partial charge >= 0.3 is 0 Å². The summed E-state index contributed by atoms with van der Waals surface area (Å²) in [6.07, 6.45) is 1.07. The molecule has 0 aliphatic heterocycles. The Morgan fingerprint density at radius 2 is 1.77 bits per heavy atom. The number of rotatable bonds is 5. The van der Waals surface area contributed by atoms with Crippen LogP contribution in [-0.2, 0) is 13.0 Å². The molecule has 0 unspecified atom stereocenters. The van der Waals surface area contributed by atoms with Crippen LogP contribution in [0, 0.1) is 5.92 Å². The van der Waals surface area contributed by atoms with Crippen molar-refractivity contribution >= 4 is 10.9 Å². The van der Waals surface area contributed by atoms with Crippen molar-refractivity contribution in [3.63, 3.8) is 0 Å². The molecule has 0 aliphatic rings. The molecule has 0 saturated heterocycles. The predicted octanol–water partition coefficient (Wildman–Crippen LogP) is 4.90. The van der Waals surface area contributed by atoms with E-state index in [-0.39, 0.29) is 0 Å². The number of fused-ring (bicyclic) bond motifs is 1. The lowest BCUT2D eigenvalue weighted by Gasteiger charge is -2.13. The van der Waals surface area contributed by atoms with Crippen LogP contribution in [0.5, 0.6) is 5.75 Å². The smallest absolute Gasteiger partial charge is 0.128 e. The number of nitrogens with zero attached hydrogens (tertiary/aromatic N) is 1. The molecule has 3 rings (SSSR count). The van der Waals surface area contributed by atoms with E-state index in [0.717, 1.165) is 18.7 Å². The lowest BCUT2D eigenvalue weighted by molar-refractivity contribution is 0.420. The lowest BCUT2D eigenvalue weighted by Crippen LogP contribution is -2.06. The van der Waals surface area contributed by atoms with Crippen LogP contribution in [0.15, 0.2) is 54.6 Å². The summed E-state index contributed by atoms with van der Waals surface area (Å²) in [5, 5.41) is 1.21. The standard InChI is InChI=1S/C20H23NO/c1-15(2)12-17-13-18-19(10-7-11-20(18)22-3)21(17)14-16-8-5-4-6-9-16/h4-11,13,15H,12,14H2,1-3H3. The summed E-state index contributed by atoms with van der Waals surface area (Å²) in [7, 11) is 1.74. The molecule has 0 bridgehead atoms. The normalized spacial score (nSPS) is 11.3. The van der Waals surface area contributed by atoms with Gasteiger partial charge in [-0.25, -0.2) is 0 Å². The fourth-order valence-electron chi connectivity index (χ4n) is 3.03. The Balaban J connectivity index is 2.12. The Hall–Kier alpha value is -2.22. The van der Waals surface area contributed by atoms with Gasteiger partial charge in [-0.3, -0.25) is 0 Å². The van der Waals surface area contributed by atoms with Crippen molar-refractivity contribution in [1.29, 1.82) is 0 Å². The van der Waals surface area contributed by atoms with Crippen molar-refractivity contribution in [2.45, 2.75) is 26.8 Å². The highest BCUT2D eigenvalue weighted by atomic mass is 16.5.